The molecule has 0 bridgehead atoms. The van der Waals surface area contributed by atoms with Crippen LogP contribution in [0.3, 0.4) is 0 Å². The largest absolute Gasteiger partial charge is 0.294 e. The van der Waals surface area contributed by atoms with Gasteiger partial charge in [0.25, 0.3) is 0 Å². The van der Waals surface area contributed by atoms with Crippen molar-refractivity contribution in [3.05, 3.63) is 29.5 Å². The Labute approximate surface area is 101 Å². The zero-order chi connectivity index (χ0) is 12.6. The number of benzene rings is 1. The summed E-state index contributed by atoms with van der Waals surface area (Å²) in [5.74, 6) is 0.652. The lowest BCUT2D eigenvalue weighted by Gasteiger charge is -2.05. The van der Waals surface area contributed by atoms with Gasteiger partial charge in [0.1, 0.15) is 5.52 Å². The van der Waals surface area contributed by atoms with Gasteiger partial charge in [-0.25, -0.2) is 0 Å². The van der Waals surface area contributed by atoms with Gasteiger partial charge in [0, 0.05) is 23.7 Å². The summed E-state index contributed by atoms with van der Waals surface area (Å²) in [6, 6.07) is 5.83. The number of hydrogen-bond donors (Lipinski definition) is 0. The number of aryl methyl sites for hydroxylation is 1. The second kappa shape index (κ2) is 4.32. The Balaban J connectivity index is 2.67. The lowest BCUT2D eigenvalue weighted by Crippen LogP contribution is -2.02. The van der Waals surface area contributed by atoms with E-state index in [9.17, 15) is 4.79 Å². The molecule has 0 aliphatic carbocycles. The number of carbonyl (C=O) groups is 1. The molecule has 0 spiro atoms. The molecule has 90 valence electrons. The molecule has 0 fully saturated rings. The van der Waals surface area contributed by atoms with Crippen LogP contribution in [0.5, 0.6) is 0 Å². The first kappa shape index (κ1) is 11.8. The van der Waals surface area contributed by atoms with Crippen LogP contribution in [0, 0.1) is 5.92 Å². The summed E-state index contributed by atoms with van der Waals surface area (Å²) in [6.07, 6.45) is 0.981. The normalized spacial score (nSPS) is 11.4. The topological polar surface area (TPSA) is 34.9 Å². The molecular weight excluding hydrogens is 212 g/mol. The molecule has 0 saturated carbocycles. The highest BCUT2D eigenvalue weighted by Gasteiger charge is 2.14. The van der Waals surface area contributed by atoms with Crippen LogP contribution < -0.4 is 0 Å². The molecule has 0 atom stereocenters. The highest BCUT2D eigenvalue weighted by Crippen LogP contribution is 2.23. The third-order valence-electron chi connectivity index (χ3n) is 2.97. The molecule has 3 nitrogen and oxygen atoms in total. The highest BCUT2D eigenvalue weighted by molar-refractivity contribution is 6.06. The van der Waals surface area contributed by atoms with Crippen LogP contribution in [0.15, 0.2) is 18.2 Å². The summed E-state index contributed by atoms with van der Waals surface area (Å²) < 4.78 is 1.90. The van der Waals surface area contributed by atoms with E-state index >= 15 is 0 Å². The molecular formula is C14H18N2O. The first-order chi connectivity index (χ1) is 8.00. The summed E-state index contributed by atoms with van der Waals surface area (Å²) >= 11 is 0. The van der Waals surface area contributed by atoms with Crippen LogP contribution in [0.2, 0.25) is 0 Å². The third-order valence-corrected chi connectivity index (χ3v) is 2.97. The number of fused-ring (bicyclic) bond motifs is 1. The van der Waals surface area contributed by atoms with E-state index in [1.165, 1.54) is 5.69 Å². The van der Waals surface area contributed by atoms with Crippen LogP contribution in [0.4, 0.5) is 0 Å². The van der Waals surface area contributed by atoms with Gasteiger partial charge in [-0.15, -0.1) is 0 Å². The predicted molar refractivity (Wildman–Crippen MR) is 69.3 cm³/mol. The first-order valence-electron chi connectivity index (χ1n) is 5.96. The fourth-order valence-corrected chi connectivity index (χ4v) is 2.18. The molecule has 2 aromatic rings. The molecule has 1 heterocycles. The van der Waals surface area contributed by atoms with Crippen molar-refractivity contribution in [1.29, 1.82) is 0 Å². The van der Waals surface area contributed by atoms with Gasteiger partial charge in [0.05, 0.1) is 0 Å². The van der Waals surface area contributed by atoms with Crippen LogP contribution >= 0.6 is 0 Å². The number of nitrogens with zero attached hydrogens (tertiary/aromatic N) is 2. The average molecular weight is 230 g/mol. The summed E-state index contributed by atoms with van der Waals surface area (Å²) in [5, 5.41) is 5.59. The second-order valence-corrected chi connectivity index (χ2v) is 4.93. The van der Waals surface area contributed by atoms with Crippen molar-refractivity contribution in [2.24, 2.45) is 13.0 Å². The lowest BCUT2D eigenvalue weighted by molar-refractivity contribution is 0.101. The molecule has 1 aromatic heterocycles. The maximum absolute atomic E-state index is 11.6. The second-order valence-electron chi connectivity index (χ2n) is 4.93. The molecule has 0 saturated heterocycles. The number of ketones is 1. The summed E-state index contributed by atoms with van der Waals surface area (Å²) in [4.78, 5) is 11.6. The van der Waals surface area contributed by atoms with Gasteiger partial charge in [-0.2, -0.15) is 5.10 Å². The molecule has 3 heteroatoms. The van der Waals surface area contributed by atoms with Gasteiger partial charge >= 0.3 is 0 Å². The van der Waals surface area contributed by atoms with Crippen molar-refractivity contribution in [2.75, 3.05) is 0 Å². The summed E-state index contributed by atoms with van der Waals surface area (Å²) in [6.45, 7) is 5.97. The zero-order valence-corrected chi connectivity index (χ0v) is 10.8. The number of hydrogen-bond acceptors (Lipinski definition) is 2. The van der Waals surface area contributed by atoms with E-state index in [-0.39, 0.29) is 5.78 Å². The number of rotatable bonds is 3. The molecule has 0 N–H and O–H groups in total. The van der Waals surface area contributed by atoms with Crippen LogP contribution in [0.1, 0.15) is 36.8 Å². The van der Waals surface area contributed by atoms with Crippen LogP contribution in [0.25, 0.3) is 10.9 Å². The monoisotopic (exact) mass is 230 g/mol. The van der Waals surface area contributed by atoms with E-state index in [2.05, 4.69) is 18.9 Å². The summed E-state index contributed by atoms with van der Waals surface area (Å²) in [5.41, 5.74) is 2.75. The quantitative estimate of drug-likeness (QED) is 0.760. The fourth-order valence-electron chi connectivity index (χ4n) is 2.18. The molecule has 0 unspecified atom stereocenters. The van der Waals surface area contributed by atoms with Gasteiger partial charge in [0.15, 0.2) is 5.78 Å². The molecule has 0 aliphatic heterocycles. The molecule has 0 aliphatic rings. The third kappa shape index (κ3) is 2.09. The number of carbonyl (C=O) groups excluding carboxylic acids is 1. The lowest BCUT2D eigenvalue weighted by atomic mass is 10.0. The molecule has 1 aromatic carbocycles. The minimum Gasteiger partial charge on any atom is -0.294 e. The predicted octanol–water partition coefficient (Wildman–Crippen LogP) is 2.97. The molecule has 0 radical (unpaired) electrons. The van der Waals surface area contributed by atoms with Gasteiger partial charge in [-0.3, -0.25) is 9.48 Å². The Morgan fingerprint density at radius 2 is 2.12 bits per heavy atom. The Bertz CT molecular complexity index is 567. The Kier molecular flexibility index (Phi) is 3.01. The maximum atomic E-state index is 11.6. The maximum Gasteiger partial charge on any atom is 0.162 e. The Hall–Kier alpha value is -1.64. The van der Waals surface area contributed by atoms with Crippen molar-refractivity contribution in [2.45, 2.75) is 27.2 Å². The number of Topliss-reactive ketones (excluding diaryl/α,β-unsaturated/α-hetero) is 1. The van der Waals surface area contributed by atoms with Crippen LogP contribution in [-0.4, -0.2) is 15.6 Å². The van der Waals surface area contributed by atoms with Crippen molar-refractivity contribution in [3.63, 3.8) is 0 Å². The van der Waals surface area contributed by atoms with Crippen molar-refractivity contribution >= 4 is 16.7 Å². The Morgan fingerprint density at radius 1 is 1.41 bits per heavy atom. The fraction of sp³-hybridized carbons (Fsp3) is 0.429. The first-order valence-corrected chi connectivity index (χ1v) is 5.96. The van der Waals surface area contributed by atoms with Gasteiger partial charge in [-0.1, -0.05) is 26.0 Å². The SMILES string of the molecule is CC(=O)c1cccc2c(CC(C)C)n(C)nc12. The van der Waals surface area contributed by atoms with E-state index in [0.29, 0.717) is 11.5 Å². The van der Waals surface area contributed by atoms with Crippen molar-refractivity contribution < 1.29 is 4.79 Å². The van der Waals surface area contributed by atoms with Crippen LogP contribution in [-0.2, 0) is 13.5 Å². The van der Waals surface area contributed by atoms with E-state index in [1.54, 1.807) is 6.92 Å². The number of aromatic nitrogens is 2. The van der Waals surface area contributed by atoms with E-state index < -0.39 is 0 Å². The van der Waals surface area contributed by atoms with Gasteiger partial charge in [-0.05, 0) is 25.3 Å². The minimum absolute atomic E-state index is 0.0739. The van der Waals surface area contributed by atoms with E-state index in [1.807, 2.05) is 29.9 Å². The van der Waals surface area contributed by atoms with E-state index in [4.69, 9.17) is 0 Å². The van der Waals surface area contributed by atoms with E-state index in [0.717, 1.165) is 17.3 Å². The minimum atomic E-state index is 0.0739. The highest BCUT2D eigenvalue weighted by atomic mass is 16.1. The van der Waals surface area contributed by atoms with Gasteiger partial charge < -0.3 is 0 Å². The molecule has 2 rings (SSSR count). The van der Waals surface area contributed by atoms with Crippen molar-refractivity contribution in [3.8, 4) is 0 Å². The standard InChI is InChI=1S/C14H18N2O/c1-9(2)8-13-12-7-5-6-11(10(3)17)14(12)15-16(13)4/h5-7,9H,8H2,1-4H3. The zero-order valence-electron chi connectivity index (χ0n) is 10.8. The van der Waals surface area contributed by atoms with Crippen molar-refractivity contribution in [1.82, 2.24) is 9.78 Å². The van der Waals surface area contributed by atoms with Gasteiger partial charge in [0.2, 0.25) is 0 Å². The smallest absolute Gasteiger partial charge is 0.162 e. The molecule has 0 amide bonds. The molecule has 17 heavy (non-hydrogen) atoms. The Morgan fingerprint density at radius 3 is 2.71 bits per heavy atom. The average Bonchev–Trinajstić information content (AvgIpc) is 2.54. The summed E-state index contributed by atoms with van der Waals surface area (Å²) in [7, 11) is 1.95.